The van der Waals surface area contributed by atoms with E-state index >= 15 is 0 Å². The number of H-pyrrole nitrogens is 1. The van der Waals surface area contributed by atoms with Crippen molar-refractivity contribution in [2.24, 2.45) is 5.73 Å². The van der Waals surface area contributed by atoms with E-state index in [0.29, 0.717) is 13.1 Å². The Labute approximate surface area is 98.8 Å². The van der Waals surface area contributed by atoms with Gasteiger partial charge in [-0.05, 0) is 31.7 Å². The van der Waals surface area contributed by atoms with E-state index < -0.39 is 0 Å². The number of hydrogen-bond donors (Lipinski definition) is 2. The Bertz CT molecular complexity index is 475. The quantitative estimate of drug-likeness (QED) is 0.736. The van der Waals surface area contributed by atoms with Gasteiger partial charge in [0.2, 0.25) is 0 Å². The van der Waals surface area contributed by atoms with Gasteiger partial charge in [0, 0.05) is 18.7 Å². The lowest BCUT2D eigenvalue weighted by Crippen LogP contribution is -2.41. The predicted octanol–water partition coefficient (Wildman–Crippen LogP) is 0.336. The molecule has 1 aromatic heterocycles. The maximum Gasteiger partial charge on any atom is 0.314 e. The molecule has 1 aliphatic rings. The fraction of sp³-hybridized carbons (Fsp3) is 0.545. The zero-order chi connectivity index (χ0) is 12.4. The number of aryl methyl sites for hydroxylation is 1. The van der Waals surface area contributed by atoms with Crippen LogP contribution in [0.2, 0.25) is 0 Å². The standard InChI is InChI=1S/C11H16N4O2/c1-7-6-9(10(16)14-13-7)8-2-4-15(5-3-8)11(12)17/h6,8H,2-5H2,1H3,(H2,12,17)(H,14,16). The molecule has 0 radical (unpaired) electrons. The summed E-state index contributed by atoms with van der Waals surface area (Å²) in [6, 6.07) is 1.44. The Balaban J connectivity index is 2.13. The number of carbonyl (C=O) groups is 1. The summed E-state index contributed by atoms with van der Waals surface area (Å²) in [5, 5.41) is 6.34. The number of aromatic amines is 1. The van der Waals surface area contributed by atoms with E-state index in [4.69, 9.17) is 5.73 Å². The van der Waals surface area contributed by atoms with E-state index in [9.17, 15) is 9.59 Å². The van der Waals surface area contributed by atoms with Crippen molar-refractivity contribution in [2.45, 2.75) is 25.7 Å². The number of amides is 2. The van der Waals surface area contributed by atoms with E-state index in [-0.39, 0.29) is 17.5 Å². The van der Waals surface area contributed by atoms with Crippen LogP contribution >= 0.6 is 0 Å². The minimum absolute atomic E-state index is 0.131. The van der Waals surface area contributed by atoms with Gasteiger partial charge in [-0.2, -0.15) is 5.10 Å². The molecule has 2 rings (SSSR count). The van der Waals surface area contributed by atoms with Gasteiger partial charge in [-0.3, -0.25) is 4.79 Å². The molecule has 0 spiro atoms. The van der Waals surface area contributed by atoms with Gasteiger partial charge in [0.05, 0.1) is 5.69 Å². The fourth-order valence-corrected chi connectivity index (χ4v) is 2.24. The molecule has 0 aliphatic carbocycles. The molecule has 0 unspecified atom stereocenters. The number of likely N-dealkylation sites (tertiary alicyclic amines) is 1. The average molecular weight is 236 g/mol. The Kier molecular flexibility index (Phi) is 3.12. The highest BCUT2D eigenvalue weighted by Gasteiger charge is 2.24. The van der Waals surface area contributed by atoms with Crippen molar-refractivity contribution in [3.8, 4) is 0 Å². The van der Waals surface area contributed by atoms with Crippen LogP contribution in [0.1, 0.15) is 30.0 Å². The molecule has 17 heavy (non-hydrogen) atoms. The summed E-state index contributed by atoms with van der Waals surface area (Å²) in [7, 11) is 0. The number of urea groups is 1. The van der Waals surface area contributed by atoms with Crippen molar-refractivity contribution in [3.63, 3.8) is 0 Å². The van der Waals surface area contributed by atoms with Crippen LogP contribution in [0, 0.1) is 6.92 Å². The van der Waals surface area contributed by atoms with Crippen LogP contribution in [0.3, 0.4) is 0 Å². The van der Waals surface area contributed by atoms with Gasteiger partial charge in [-0.15, -0.1) is 0 Å². The molecule has 1 fully saturated rings. The minimum atomic E-state index is -0.386. The summed E-state index contributed by atoms with van der Waals surface area (Å²) >= 11 is 0. The lowest BCUT2D eigenvalue weighted by atomic mass is 9.90. The van der Waals surface area contributed by atoms with Crippen LogP contribution in [-0.2, 0) is 0 Å². The van der Waals surface area contributed by atoms with E-state index in [1.54, 1.807) is 4.90 Å². The topological polar surface area (TPSA) is 92.1 Å². The number of nitrogens with two attached hydrogens (primary N) is 1. The Hall–Kier alpha value is -1.85. The molecule has 1 saturated heterocycles. The largest absolute Gasteiger partial charge is 0.351 e. The molecule has 6 heteroatoms. The maximum absolute atomic E-state index is 11.7. The van der Waals surface area contributed by atoms with Gasteiger partial charge >= 0.3 is 6.03 Å². The van der Waals surface area contributed by atoms with Crippen LogP contribution in [0.25, 0.3) is 0 Å². The zero-order valence-electron chi connectivity index (χ0n) is 9.77. The molecular formula is C11H16N4O2. The third-order valence-corrected chi connectivity index (χ3v) is 3.21. The second kappa shape index (κ2) is 4.57. The second-order valence-electron chi connectivity index (χ2n) is 4.39. The number of rotatable bonds is 1. The molecule has 6 nitrogen and oxygen atoms in total. The van der Waals surface area contributed by atoms with Gasteiger partial charge < -0.3 is 10.6 Å². The Morgan fingerprint density at radius 3 is 2.76 bits per heavy atom. The number of nitrogens with zero attached hydrogens (tertiary/aromatic N) is 2. The second-order valence-corrected chi connectivity index (χ2v) is 4.39. The lowest BCUT2D eigenvalue weighted by molar-refractivity contribution is 0.190. The van der Waals surface area contributed by atoms with Crippen LogP contribution < -0.4 is 11.3 Å². The number of primary amides is 1. The molecular weight excluding hydrogens is 220 g/mol. The summed E-state index contributed by atoms with van der Waals surface area (Å²) in [5.41, 5.74) is 6.65. The molecule has 3 N–H and O–H groups in total. The molecule has 1 aliphatic heterocycles. The number of hydrogen-bond acceptors (Lipinski definition) is 3. The number of carbonyl (C=O) groups excluding carboxylic acids is 1. The van der Waals surface area contributed by atoms with Gasteiger partial charge in [0.1, 0.15) is 0 Å². The molecule has 0 saturated carbocycles. The molecule has 92 valence electrons. The highest BCUT2D eigenvalue weighted by molar-refractivity contribution is 5.72. The van der Waals surface area contributed by atoms with E-state index in [1.165, 1.54) is 0 Å². The maximum atomic E-state index is 11.7. The molecule has 2 heterocycles. The smallest absolute Gasteiger partial charge is 0.314 e. The highest BCUT2D eigenvalue weighted by Crippen LogP contribution is 2.25. The van der Waals surface area contributed by atoms with Crippen molar-refractivity contribution >= 4 is 6.03 Å². The summed E-state index contributed by atoms with van der Waals surface area (Å²) in [6.45, 7) is 3.07. The minimum Gasteiger partial charge on any atom is -0.351 e. The van der Waals surface area contributed by atoms with Gasteiger partial charge in [0.15, 0.2) is 0 Å². The normalized spacial score (nSPS) is 17.1. The van der Waals surface area contributed by atoms with Crippen molar-refractivity contribution in [1.29, 1.82) is 0 Å². The number of aromatic nitrogens is 2. The highest BCUT2D eigenvalue weighted by atomic mass is 16.2. The van der Waals surface area contributed by atoms with Crippen LogP contribution in [-0.4, -0.2) is 34.2 Å². The van der Waals surface area contributed by atoms with Crippen molar-refractivity contribution in [1.82, 2.24) is 15.1 Å². The Morgan fingerprint density at radius 1 is 1.53 bits per heavy atom. The zero-order valence-corrected chi connectivity index (χ0v) is 9.77. The summed E-state index contributed by atoms with van der Waals surface area (Å²) in [5.74, 6) is 0.191. The van der Waals surface area contributed by atoms with Crippen LogP contribution in [0.4, 0.5) is 4.79 Å². The summed E-state index contributed by atoms with van der Waals surface area (Å²) in [6.07, 6.45) is 1.55. The van der Waals surface area contributed by atoms with Gasteiger partial charge in [-0.1, -0.05) is 0 Å². The first-order valence-corrected chi connectivity index (χ1v) is 5.68. The van der Waals surface area contributed by atoms with Gasteiger partial charge in [-0.25, -0.2) is 9.89 Å². The number of piperidine rings is 1. The average Bonchev–Trinajstić information content (AvgIpc) is 2.32. The molecule has 0 aromatic carbocycles. The van der Waals surface area contributed by atoms with E-state index in [1.807, 2.05) is 13.0 Å². The first kappa shape index (κ1) is 11.6. The monoisotopic (exact) mass is 236 g/mol. The first-order valence-electron chi connectivity index (χ1n) is 5.68. The van der Waals surface area contributed by atoms with Crippen molar-refractivity contribution < 1.29 is 4.79 Å². The lowest BCUT2D eigenvalue weighted by Gasteiger charge is -2.30. The number of nitrogens with one attached hydrogen (secondary N) is 1. The Morgan fingerprint density at radius 2 is 2.18 bits per heavy atom. The fourth-order valence-electron chi connectivity index (χ4n) is 2.24. The molecule has 1 aromatic rings. The van der Waals surface area contributed by atoms with Crippen molar-refractivity contribution in [3.05, 3.63) is 27.7 Å². The van der Waals surface area contributed by atoms with Crippen molar-refractivity contribution in [2.75, 3.05) is 13.1 Å². The van der Waals surface area contributed by atoms with Crippen LogP contribution in [0.15, 0.2) is 10.9 Å². The SMILES string of the molecule is Cc1cc(C2CCN(C(N)=O)CC2)c(=O)[nH]n1. The molecule has 0 bridgehead atoms. The summed E-state index contributed by atoms with van der Waals surface area (Å²) < 4.78 is 0. The van der Waals surface area contributed by atoms with E-state index in [0.717, 1.165) is 24.1 Å². The third-order valence-electron chi connectivity index (χ3n) is 3.21. The van der Waals surface area contributed by atoms with Crippen LogP contribution in [0.5, 0.6) is 0 Å². The first-order chi connectivity index (χ1) is 8.08. The summed E-state index contributed by atoms with van der Waals surface area (Å²) in [4.78, 5) is 24.3. The van der Waals surface area contributed by atoms with E-state index in [2.05, 4.69) is 10.2 Å². The molecule has 0 atom stereocenters. The third kappa shape index (κ3) is 2.46. The molecule has 2 amide bonds. The van der Waals surface area contributed by atoms with Gasteiger partial charge in [0.25, 0.3) is 5.56 Å². The predicted molar refractivity (Wildman–Crippen MR) is 62.7 cm³/mol.